The molecule has 2 heterocycles. The lowest BCUT2D eigenvalue weighted by Gasteiger charge is -2.08. The van der Waals surface area contributed by atoms with E-state index in [1.165, 1.54) is 4.88 Å². The van der Waals surface area contributed by atoms with E-state index in [0.717, 1.165) is 27.5 Å². The largest absolute Gasteiger partial charge is 0.497 e. The zero-order valence-electron chi connectivity index (χ0n) is 11.2. The third kappa shape index (κ3) is 2.37. The molecule has 6 heteroatoms. The number of rotatable bonds is 3. The molecule has 0 spiro atoms. The monoisotopic (exact) mass is 286 g/mol. The topological polar surface area (TPSA) is 73.1 Å². The zero-order chi connectivity index (χ0) is 14.1. The van der Waals surface area contributed by atoms with Gasteiger partial charge in [0, 0.05) is 10.6 Å². The highest BCUT2D eigenvalue weighted by Crippen LogP contribution is 2.31. The molecule has 0 unspecified atom stereocenters. The molecule has 0 aliphatic rings. The van der Waals surface area contributed by atoms with Crippen molar-refractivity contribution in [3.8, 4) is 5.75 Å². The van der Waals surface area contributed by atoms with Gasteiger partial charge in [-0.3, -0.25) is 0 Å². The molecule has 0 aliphatic heterocycles. The molecule has 2 aromatic heterocycles. The van der Waals surface area contributed by atoms with Crippen LogP contribution in [0, 0.1) is 6.92 Å². The van der Waals surface area contributed by atoms with Gasteiger partial charge >= 0.3 is 0 Å². The predicted octanol–water partition coefficient (Wildman–Crippen LogP) is 3.33. The summed E-state index contributed by atoms with van der Waals surface area (Å²) in [5.74, 6) is 1.81. The summed E-state index contributed by atoms with van der Waals surface area (Å²) in [5.41, 5.74) is 6.68. The van der Waals surface area contributed by atoms with Crippen LogP contribution in [0.4, 0.5) is 17.5 Å². The Morgan fingerprint density at radius 2 is 1.95 bits per heavy atom. The third-order valence-corrected chi connectivity index (χ3v) is 3.83. The van der Waals surface area contributed by atoms with Crippen molar-refractivity contribution in [2.45, 2.75) is 6.92 Å². The van der Waals surface area contributed by atoms with Gasteiger partial charge in [-0.15, -0.1) is 11.3 Å². The Morgan fingerprint density at radius 1 is 1.20 bits per heavy atom. The summed E-state index contributed by atoms with van der Waals surface area (Å²) in [6, 6.07) is 9.71. The van der Waals surface area contributed by atoms with Crippen LogP contribution in [-0.2, 0) is 0 Å². The Kier molecular flexibility index (Phi) is 3.15. The van der Waals surface area contributed by atoms with Crippen LogP contribution in [0.1, 0.15) is 4.88 Å². The number of thiophene rings is 1. The van der Waals surface area contributed by atoms with Crippen molar-refractivity contribution in [1.82, 2.24) is 9.97 Å². The molecule has 0 amide bonds. The van der Waals surface area contributed by atoms with E-state index >= 15 is 0 Å². The fraction of sp³-hybridized carbons (Fsp3) is 0.143. The van der Waals surface area contributed by atoms with E-state index in [9.17, 15) is 0 Å². The zero-order valence-corrected chi connectivity index (χ0v) is 12.0. The van der Waals surface area contributed by atoms with Crippen molar-refractivity contribution in [2.24, 2.45) is 0 Å². The second-order valence-electron chi connectivity index (χ2n) is 4.36. The lowest BCUT2D eigenvalue weighted by molar-refractivity contribution is 0.415. The number of benzene rings is 1. The van der Waals surface area contributed by atoms with Crippen LogP contribution in [0.2, 0.25) is 0 Å². The van der Waals surface area contributed by atoms with Gasteiger partial charge in [-0.1, -0.05) is 0 Å². The van der Waals surface area contributed by atoms with Crippen molar-refractivity contribution in [3.63, 3.8) is 0 Å². The van der Waals surface area contributed by atoms with Crippen LogP contribution in [0.3, 0.4) is 0 Å². The third-order valence-electron chi connectivity index (χ3n) is 2.89. The smallest absolute Gasteiger partial charge is 0.223 e. The van der Waals surface area contributed by atoms with E-state index in [1.807, 2.05) is 31.2 Å². The Hall–Kier alpha value is -2.34. The van der Waals surface area contributed by atoms with Crippen LogP contribution < -0.4 is 15.8 Å². The molecule has 0 saturated heterocycles. The van der Waals surface area contributed by atoms with Crippen molar-refractivity contribution in [3.05, 3.63) is 35.2 Å². The van der Waals surface area contributed by atoms with Crippen molar-refractivity contribution < 1.29 is 4.74 Å². The van der Waals surface area contributed by atoms with E-state index in [4.69, 9.17) is 10.5 Å². The molecule has 0 atom stereocenters. The number of aromatic nitrogens is 2. The lowest BCUT2D eigenvalue weighted by Crippen LogP contribution is -2.00. The highest BCUT2D eigenvalue weighted by molar-refractivity contribution is 7.18. The fourth-order valence-corrected chi connectivity index (χ4v) is 2.85. The van der Waals surface area contributed by atoms with Gasteiger partial charge in [0.2, 0.25) is 5.95 Å². The molecule has 5 nitrogen and oxygen atoms in total. The predicted molar refractivity (Wildman–Crippen MR) is 82.8 cm³/mol. The Labute approximate surface area is 120 Å². The number of anilines is 3. The first kappa shape index (κ1) is 12.7. The van der Waals surface area contributed by atoms with Crippen molar-refractivity contribution in [2.75, 3.05) is 18.2 Å². The lowest BCUT2D eigenvalue weighted by atomic mass is 10.3. The first-order valence-corrected chi connectivity index (χ1v) is 6.92. The molecule has 0 saturated carbocycles. The summed E-state index contributed by atoms with van der Waals surface area (Å²) in [4.78, 5) is 10.6. The van der Waals surface area contributed by atoms with Crippen molar-refractivity contribution in [1.29, 1.82) is 0 Å². The molecule has 0 bridgehead atoms. The molecular weight excluding hydrogens is 272 g/mol. The van der Waals surface area contributed by atoms with E-state index in [0.29, 0.717) is 0 Å². The van der Waals surface area contributed by atoms with E-state index in [-0.39, 0.29) is 5.95 Å². The van der Waals surface area contributed by atoms with Gasteiger partial charge in [0.05, 0.1) is 12.5 Å². The Balaban J connectivity index is 2.00. The quantitative estimate of drug-likeness (QED) is 0.772. The van der Waals surface area contributed by atoms with Crippen LogP contribution in [-0.4, -0.2) is 17.1 Å². The fourth-order valence-electron chi connectivity index (χ4n) is 1.96. The molecule has 0 aliphatic carbocycles. The van der Waals surface area contributed by atoms with E-state index in [1.54, 1.807) is 18.4 Å². The minimum absolute atomic E-state index is 0.273. The van der Waals surface area contributed by atoms with E-state index in [2.05, 4.69) is 21.4 Å². The number of nitrogens with two attached hydrogens (primary N) is 1. The highest BCUT2D eigenvalue weighted by atomic mass is 32.1. The number of nitrogens with one attached hydrogen (secondary N) is 1. The molecule has 3 N–H and O–H groups in total. The standard InChI is InChI=1S/C14H14N4OS/c1-8-7-11-12(17-14(15)18-13(11)20-8)16-9-3-5-10(19-2)6-4-9/h3-7H,1-2H3,(H3,15,16,17,18). The molecular formula is C14H14N4OS. The van der Waals surface area contributed by atoms with Gasteiger partial charge in [0.25, 0.3) is 0 Å². The minimum Gasteiger partial charge on any atom is -0.497 e. The molecule has 0 fully saturated rings. The Bertz CT molecular complexity index is 752. The summed E-state index contributed by atoms with van der Waals surface area (Å²) >= 11 is 1.61. The number of hydrogen-bond acceptors (Lipinski definition) is 6. The maximum atomic E-state index is 5.76. The van der Waals surface area contributed by atoms with Gasteiger partial charge < -0.3 is 15.8 Å². The average molecular weight is 286 g/mol. The second kappa shape index (κ2) is 4.97. The normalized spacial score (nSPS) is 10.7. The molecule has 1 aromatic carbocycles. The van der Waals surface area contributed by atoms with Gasteiger partial charge in [-0.05, 0) is 37.3 Å². The SMILES string of the molecule is COc1ccc(Nc2nc(N)nc3sc(C)cc23)cc1. The number of nitrogens with zero attached hydrogens (tertiary/aromatic N) is 2. The number of fused-ring (bicyclic) bond motifs is 1. The van der Waals surface area contributed by atoms with Crippen molar-refractivity contribution >= 4 is 39.0 Å². The van der Waals surface area contributed by atoms with Crippen LogP contribution in [0.5, 0.6) is 5.75 Å². The number of methoxy groups -OCH3 is 1. The molecule has 0 radical (unpaired) electrons. The molecule has 20 heavy (non-hydrogen) atoms. The number of nitrogen functional groups attached to an aromatic ring is 1. The van der Waals surface area contributed by atoms with Crippen LogP contribution in [0.15, 0.2) is 30.3 Å². The molecule has 3 rings (SSSR count). The second-order valence-corrected chi connectivity index (χ2v) is 5.59. The maximum Gasteiger partial charge on any atom is 0.223 e. The first-order valence-electron chi connectivity index (χ1n) is 6.10. The summed E-state index contributed by atoms with van der Waals surface area (Å²) in [5, 5.41) is 4.26. The summed E-state index contributed by atoms with van der Waals surface area (Å²) in [6.07, 6.45) is 0. The molecule has 3 aromatic rings. The maximum absolute atomic E-state index is 5.76. The van der Waals surface area contributed by atoms with Gasteiger partial charge in [0.1, 0.15) is 16.4 Å². The van der Waals surface area contributed by atoms with E-state index < -0.39 is 0 Å². The van der Waals surface area contributed by atoms with Gasteiger partial charge in [0.15, 0.2) is 0 Å². The summed E-state index contributed by atoms with van der Waals surface area (Å²) in [6.45, 7) is 2.04. The minimum atomic E-state index is 0.273. The number of hydrogen-bond donors (Lipinski definition) is 2. The first-order chi connectivity index (χ1) is 9.65. The van der Waals surface area contributed by atoms with Gasteiger partial charge in [-0.2, -0.15) is 4.98 Å². The number of aryl methyl sites for hydroxylation is 1. The average Bonchev–Trinajstić information content (AvgIpc) is 2.80. The Morgan fingerprint density at radius 3 is 2.65 bits per heavy atom. The van der Waals surface area contributed by atoms with Gasteiger partial charge in [-0.25, -0.2) is 4.98 Å². The summed E-state index contributed by atoms with van der Waals surface area (Å²) < 4.78 is 5.14. The molecule has 102 valence electrons. The highest BCUT2D eigenvalue weighted by Gasteiger charge is 2.09. The summed E-state index contributed by atoms with van der Waals surface area (Å²) in [7, 11) is 1.64. The number of ether oxygens (including phenoxy) is 1. The van der Waals surface area contributed by atoms with Crippen LogP contribution >= 0.6 is 11.3 Å². The van der Waals surface area contributed by atoms with Crippen LogP contribution in [0.25, 0.3) is 10.2 Å².